The Kier molecular flexibility index (Phi) is 2.51. The largest absolute Gasteiger partial charge is 0.380 e. The van der Waals surface area contributed by atoms with Crippen molar-refractivity contribution in [2.24, 2.45) is 0 Å². The summed E-state index contributed by atoms with van der Waals surface area (Å²) in [6, 6.07) is 0. The second-order valence-electron chi connectivity index (χ2n) is 3.36. The first-order valence-corrected chi connectivity index (χ1v) is 4.64. The summed E-state index contributed by atoms with van der Waals surface area (Å²) < 4.78 is 6.78. The average Bonchev–Trinajstić information content (AvgIpc) is 2.62. The van der Waals surface area contributed by atoms with Crippen LogP contribution in [0.5, 0.6) is 0 Å². The highest BCUT2D eigenvalue weighted by atomic mass is 16.5. The molecule has 1 N–H and O–H groups in total. The lowest BCUT2D eigenvalue weighted by molar-refractivity contribution is 0.100. The van der Waals surface area contributed by atoms with Crippen molar-refractivity contribution in [3.63, 3.8) is 0 Å². The van der Waals surface area contributed by atoms with Gasteiger partial charge in [-0.1, -0.05) is 0 Å². The quantitative estimate of drug-likeness (QED) is 0.779. The number of H-pyrrole nitrogens is 1. The number of hydrogen-bond donors (Lipinski definition) is 1. The van der Waals surface area contributed by atoms with Crippen LogP contribution < -0.4 is 5.56 Å². The van der Waals surface area contributed by atoms with Gasteiger partial charge in [0.05, 0.1) is 25.2 Å². The van der Waals surface area contributed by atoms with Gasteiger partial charge in [0, 0.05) is 7.11 Å². The van der Waals surface area contributed by atoms with Gasteiger partial charge in [0.1, 0.15) is 5.52 Å². The van der Waals surface area contributed by atoms with Gasteiger partial charge < -0.3 is 9.72 Å². The van der Waals surface area contributed by atoms with Crippen LogP contribution in [-0.2, 0) is 11.3 Å². The molecule has 2 aromatic heterocycles. The molecule has 2 heterocycles. The molecule has 2 rings (SSSR count). The Balaban J connectivity index is 2.39. The lowest BCUT2D eigenvalue weighted by Crippen LogP contribution is -2.15. The van der Waals surface area contributed by atoms with Gasteiger partial charge in [0.2, 0.25) is 0 Å². The number of methoxy groups -OCH3 is 1. The molecular formula is C9H12N4O2. The predicted molar refractivity (Wildman–Crippen MR) is 54.6 cm³/mol. The second kappa shape index (κ2) is 3.82. The van der Waals surface area contributed by atoms with E-state index in [1.54, 1.807) is 18.0 Å². The number of fused-ring (bicyclic) bond motifs is 1. The molecule has 6 nitrogen and oxygen atoms in total. The standard InChI is InChI=1S/C9H12N4O2/c1-6(15-2)3-13-4-7-8(12-13)9(14)11-5-10-7/h4-6H,3H2,1-2H3,(H,10,11,14). The molecular weight excluding hydrogens is 196 g/mol. The van der Waals surface area contributed by atoms with E-state index in [4.69, 9.17) is 4.74 Å². The highest BCUT2D eigenvalue weighted by Crippen LogP contribution is 2.03. The minimum absolute atomic E-state index is 0.0541. The molecule has 0 spiro atoms. The summed E-state index contributed by atoms with van der Waals surface area (Å²) in [6.07, 6.45) is 3.16. The summed E-state index contributed by atoms with van der Waals surface area (Å²) in [7, 11) is 1.64. The number of rotatable bonds is 3. The van der Waals surface area contributed by atoms with Crippen molar-refractivity contribution in [3.8, 4) is 0 Å². The third-order valence-corrected chi connectivity index (χ3v) is 2.20. The molecule has 0 aliphatic rings. The molecule has 80 valence electrons. The first-order valence-electron chi connectivity index (χ1n) is 4.64. The van der Waals surface area contributed by atoms with Crippen LogP contribution in [0.4, 0.5) is 0 Å². The number of aromatic nitrogens is 4. The van der Waals surface area contributed by atoms with Crippen LogP contribution in [0, 0.1) is 0 Å². The third-order valence-electron chi connectivity index (χ3n) is 2.20. The maximum atomic E-state index is 11.3. The fourth-order valence-electron chi connectivity index (χ4n) is 1.33. The monoisotopic (exact) mass is 208 g/mol. The maximum Gasteiger partial charge on any atom is 0.279 e. The Morgan fingerprint density at radius 2 is 2.47 bits per heavy atom. The minimum atomic E-state index is -0.219. The Hall–Kier alpha value is -1.69. The number of nitrogens with one attached hydrogen (secondary N) is 1. The topological polar surface area (TPSA) is 72.8 Å². The molecule has 1 atom stereocenters. The van der Waals surface area contributed by atoms with E-state index >= 15 is 0 Å². The van der Waals surface area contributed by atoms with Crippen LogP contribution in [0.25, 0.3) is 11.0 Å². The molecule has 0 bridgehead atoms. The van der Waals surface area contributed by atoms with Gasteiger partial charge in [-0.2, -0.15) is 5.10 Å². The summed E-state index contributed by atoms with van der Waals surface area (Å²) >= 11 is 0. The van der Waals surface area contributed by atoms with E-state index in [0.717, 1.165) is 0 Å². The van der Waals surface area contributed by atoms with Crippen molar-refractivity contribution in [1.29, 1.82) is 0 Å². The van der Waals surface area contributed by atoms with Crippen molar-refractivity contribution in [3.05, 3.63) is 22.9 Å². The van der Waals surface area contributed by atoms with Crippen molar-refractivity contribution < 1.29 is 4.74 Å². The van der Waals surface area contributed by atoms with Gasteiger partial charge in [0.25, 0.3) is 5.56 Å². The van der Waals surface area contributed by atoms with E-state index in [1.165, 1.54) is 6.33 Å². The van der Waals surface area contributed by atoms with Gasteiger partial charge >= 0.3 is 0 Å². The molecule has 0 aliphatic heterocycles. The van der Waals surface area contributed by atoms with Gasteiger partial charge in [-0.25, -0.2) is 4.98 Å². The average molecular weight is 208 g/mol. The lowest BCUT2D eigenvalue weighted by atomic mass is 10.4. The highest BCUT2D eigenvalue weighted by molar-refractivity contribution is 5.71. The highest BCUT2D eigenvalue weighted by Gasteiger charge is 2.07. The molecule has 0 aliphatic carbocycles. The normalized spacial score (nSPS) is 13.2. The molecule has 15 heavy (non-hydrogen) atoms. The van der Waals surface area contributed by atoms with Gasteiger partial charge in [-0.05, 0) is 6.92 Å². The van der Waals surface area contributed by atoms with Crippen molar-refractivity contribution >= 4 is 11.0 Å². The van der Waals surface area contributed by atoms with E-state index in [9.17, 15) is 4.79 Å². The van der Waals surface area contributed by atoms with Crippen LogP contribution in [0.3, 0.4) is 0 Å². The first-order chi connectivity index (χ1) is 7.20. The molecule has 0 amide bonds. The Morgan fingerprint density at radius 1 is 1.67 bits per heavy atom. The van der Waals surface area contributed by atoms with Crippen LogP contribution in [-0.4, -0.2) is 33.0 Å². The zero-order valence-electron chi connectivity index (χ0n) is 8.60. The molecule has 1 unspecified atom stereocenters. The van der Waals surface area contributed by atoms with Crippen molar-refractivity contribution in [2.75, 3.05) is 7.11 Å². The number of aromatic amines is 1. The van der Waals surface area contributed by atoms with E-state index in [2.05, 4.69) is 15.1 Å². The molecule has 0 saturated carbocycles. The van der Waals surface area contributed by atoms with Crippen molar-refractivity contribution in [2.45, 2.75) is 19.6 Å². The molecule has 0 saturated heterocycles. The van der Waals surface area contributed by atoms with Gasteiger partial charge in [0.15, 0.2) is 5.52 Å². The van der Waals surface area contributed by atoms with E-state index in [0.29, 0.717) is 17.6 Å². The number of nitrogens with zero attached hydrogens (tertiary/aromatic N) is 3. The first kappa shape index (κ1) is 9.85. The zero-order valence-corrected chi connectivity index (χ0v) is 8.60. The number of ether oxygens (including phenoxy) is 1. The summed E-state index contributed by atoms with van der Waals surface area (Å²) in [6.45, 7) is 2.54. The zero-order chi connectivity index (χ0) is 10.8. The summed E-state index contributed by atoms with van der Waals surface area (Å²) in [5.74, 6) is 0. The summed E-state index contributed by atoms with van der Waals surface area (Å²) in [5, 5.41) is 4.13. The SMILES string of the molecule is COC(C)Cn1cc2nc[nH]c(=O)c2n1. The smallest absolute Gasteiger partial charge is 0.279 e. The predicted octanol–water partition coefficient (Wildman–Crippen LogP) is 0.154. The summed E-state index contributed by atoms with van der Waals surface area (Å²) in [5.41, 5.74) is 0.742. The van der Waals surface area contributed by atoms with E-state index in [1.807, 2.05) is 6.92 Å². The third kappa shape index (κ3) is 1.89. The Bertz CT molecular complexity index is 516. The molecule has 0 radical (unpaired) electrons. The van der Waals surface area contributed by atoms with E-state index < -0.39 is 0 Å². The van der Waals surface area contributed by atoms with Crippen molar-refractivity contribution in [1.82, 2.24) is 19.7 Å². The molecule has 0 aromatic carbocycles. The molecule has 0 fully saturated rings. The lowest BCUT2D eigenvalue weighted by Gasteiger charge is -2.07. The number of hydrogen-bond acceptors (Lipinski definition) is 4. The van der Waals surface area contributed by atoms with Crippen LogP contribution in [0.1, 0.15) is 6.92 Å². The van der Waals surface area contributed by atoms with E-state index in [-0.39, 0.29) is 11.7 Å². The molecule has 2 aromatic rings. The van der Waals surface area contributed by atoms with Gasteiger partial charge in [-0.15, -0.1) is 0 Å². The molecule has 6 heteroatoms. The maximum absolute atomic E-state index is 11.3. The van der Waals surface area contributed by atoms with Gasteiger partial charge in [-0.3, -0.25) is 9.48 Å². The Labute approximate surface area is 85.9 Å². The van der Waals surface area contributed by atoms with Crippen LogP contribution in [0.2, 0.25) is 0 Å². The fraction of sp³-hybridized carbons (Fsp3) is 0.444. The minimum Gasteiger partial charge on any atom is -0.380 e. The van der Waals surface area contributed by atoms with Crippen LogP contribution >= 0.6 is 0 Å². The second-order valence-corrected chi connectivity index (χ2v) is 3.36. The summed E-state index contributed by atoms with van der Waals surface area (Å²) in [4.78, 5) is 17.8. The fourth-order valence-corrected chi connectivity index (χ4v) is 1.33. The van der Waals surface area contributed by atoms with Crippen LogP contribution in [0.15, 0.2) is 17.3 Å². The Morgan fingerprint density at radius 3 is 3.13 bits per heavy atom.